The van der Waals surface area contributed by atoms with Gasteiger partial charge < -0.3 is 9.47 Å². The Hall–Kier alpha value is -1.01. The first-order valence-corrected chi connectivity index (χ1v) is 6.07. The van der Waals surface area contributed by atoms with Crippen molar-refractivity contribution in [2.24, 2.45) is 0 Å². The van der Waals surface area contributed by atoms with E-state index < -0.39 is 14.9 Å². The second-order valence-corrected chi connectivity index (χ2v) is 5.08. The van der Waals surface area contributed by atoms with Crippen molar-refractivity contribution in [3.63, 3.8) is 0 Å². The molecule has 0 atom stereocenters. The molecule has 0 aliphatic rings. The van der Waals surface area contributed by atoms with Gasteiger partial charge in [0, 0.05) is 22.8 Å². The van der Waals surface area contributed by atoms with Crippen molar-refractivity contribution in [3.05, 3.63) is 17.9 Å². The predicted octanol–water partition coefficient (Wildman–Crippen LogP) is 1.77. The molecule has 4 nitrogen and oxygen atoms in total. The number of methoxy groups -OCH3 is 2. The Morgan fingerprint density at radius 2 is 1.60 bits per heavy atom. The monoisotopic (exact) mass is 254 g/mol. The van der Waals surface area contributed by atoms with Gasteiger partial charge in [-0.2, -0.15) is 0 Å². The minimum atomic E-state index is -4.05. The van der Waals surface area contributed by atoms with Crippen LogP contribution in [0.15, 0.2) is 17.0 Å². The van der Waals surface area contributed by atoms with E-state index in [1.807, 2.05) is 0 Å². The Balaban J connectivity index is 3.59. The van der Waals surface area contributed by atoms with Crippen molar-refractivity contribution < 1.29 is 22.3 Å². The highest BCUT2D eigenvalue weighted by molar-refractivity contribution is 8.13. The molecule has 0 saturated heterocycles. The first kappa shape index (κ1) is 12.1. The first-order chi connectivity index (χ1) is 6.90. The van der Waals surface area contributed by atoms with Gasteiger partial charge >= 0.3 is 0 Å². The van der Waals surface area contributed by atoms with Gasteiger partial charge in [-0.25, -0.2) is 12.8 Å². The molecule has 0 fully saturated rings. The highest BCUT2D eigenvalue weighted by Crippen LogP contribution is 2.36. The molecular weight excluding hydrogens is 247 g/mol. The molecule has 0 heterocycles. The van der Waals surface area contributed by atoms with Crippen LogP contribution in [-0.2, 0) is 9.05 Å². The van der Waals surface area contributed by atoms with Crippen LogP contribution in [0, 0.1) is 5.82 Å². The van der Waals surface area contributed by atoms with Crippen LogP contribution in [0.2, 0.25) is 0 Å². The molecule has 0 saturated carbocycles. The molecule has 84 valence electrons. The van der Waals surface area contributed by atoms with Crippen molar-refractivity contribution in [3.8, 4) is 11.5 Å². The first-order valence-electron chi connectivity index (χ1n) is 3.76. The fraction of sp³-hybridized carbons (Fsp3) is 0.250. The summed E-state index contributed by atoms with van der Waals surface area (Å²) < 4.78 is 44.8. The summed E-state index contributed by atoms with van der Waals surface area (Å²) in [5.41, 5.74) is 0. The lowest BCUT2D eigenvalue weighted by atomic mass is 10.3. The Kier molecular flexibility index (Phi) is 3.41. The summed E-state index contributed by atoms with van der Waals surface area (Å²) in [6.07, 6.45) is 0. The lowest BCUT2D eigenvalue weighted by Gasteiger charge is -2.10. The summed E-state index contributed by atoms with van der Waals surface area (Å²) >= 11 is 0. The molecule has 0 aromatic heterocycles. The van der Waals surface area contributed by atoms with Gasteiger partial charge in [-0.05, 0) is 0 Å². The number of hydrogen-bond acceptors (Lipinski definition) is 4. The van der Waals surface area contributed by atoms with E-state index in [2.05, 4.69) is 0 Å². The molecule has 7 heteroatoms. The smallest absolute Gasteiger partial charge is 0.268 e. The van der Waals surface area contributed by atoms with E-state index in [1.165, 1.54) is 14.2 Å². The SMILES string of the molecule is COc1cc(F)cc(OC)c1S(=O)(=O)Cl. The quantitative estimate of drug-likeness (QED) is 0.772. The topological polar surface area (TPSA) is 52.6 Å². The van der Waals surface area contributed by atoms with Crippen molar-refractivity contribution in [1.82, 2.24) is 0 Å². The lowest BCUT2D eigenvalue weighted by Crippen LogP contribution is -2.01. The molecule has 1 aromatic carbocycles. The minimum absolute atomic E-state index is 0.193. The molecule has 0 aliphatic heterocycles. The van der Waals surface area contributed by atoms with Gasteiger partial charge in [-0.15, -0.1) is 0 Å². The zero-order valence-electron chi connectivity index (χ0n) is 7.95. The summed E-state index contributed by atoms with van der Waals surface area (Å²) in [5.74, 6) is -1.06. The van der Waals surface area contributed by atoms with Crippen LogP contribution in [0.5, 0.6) is 11.5 Å². The van der Waals surface area contributed by atoms with Crippen LogP contribution in [-0.4, -0.2) is 22.6 Å². The molecule has 1 rings (SSSR count). The fourth-order valence-corrected chi connectivity index (χ4v) is 2.31. The van der Waals surface area contributed by atoms with Crippen LogP contribution in [0.1, 0.15) is 0 Å². The van der Waals surface area contributed by atoms with Crippen molar-refractivity contribution >= 4 is 19.7 Å². The Labute approximate surface area is 91.0 Å². The van der Waals surface area contributed by atoms with Gasteiger partial charge in [0.1, 0.15) is 17.3 Å². The standard InChI is InChI=1S/C8H8ClFO4S/c1-13-6-3-5(10)4-7(14-2)8(6)15(9,11)12/h3-4H,1-2H3. The third-order valence-corrected chi connectivity index (χ3v) is 3.02. The molecule has 0 radical (unpaired) electrons. The van der Waals surface area contributed by atoms with Crippen LogP contribution >= 0.6 is 10.7 Å². The van der Waals surface area contributed by atoms with E-state index in [9.17, 15) is 12.8 Å². The van der Waals surface area contributed by atoms with Crippen molar-refractivity contribution in [1.29, 1.82) is 0 Å². The molecule has 0 amide bonds. The average molecular weight is 255 g/mol. The van der Waals surface area contributed by atoms with E-state index in [-0.39, 0.29) is 16.4 Å². The van der Waals surface area contributed by atoms with Crippen molar-refractivity contribution in [2.75, 3.05) is 14.2 Å². The number of ether oxygens (including phenoxy) is 2. The molecule has 0 unspecified atom stereocenters. The number of rotatable bonds is 3. The summed E-state index contributed by atoms with van der Waals surface area (Å²) in [4.78, 5) is -0.379. The molecule has 0 bridgehead atoms. The number of hydrogen-bond donors (Lipinski definition) is 0. The zero-order valence-corrected chi connectivity index (χ0v) is 9.52. The Bertz CT molecular complexity index is 447. The molecule has 0 spiro atoms. The Morgan fingerprint density at radius 1 is 1.20 bits per heavy atom. The largest absolute Gasteiger partial charge is 0.495 e. The van der Waals surface area contributed by atoms with Gasteiger partial charge in [0.25, 0.3) is 9.05 Å². The number of halogens is 2. The van der Waals surface area contributed by atoms with E-state index in [1.54, 1.807) is 0 Å². The maximum absolute atomic E-state index is 13.0. The predicted molar refractivity (Wildman–Crippen MR) is 52.5 cm³/mol. The summed E-state index contributed by atoms with van der Waals surface area (Å²) in [5, 5.41) is 0. The maximum atomic E-state index is 13.0. The zero-order chi connectivity index (χ0) is 11.6. The molecule has 15 heavy (non-hydrogen) atoms. The second-order valence-electron chi connectivity index (χ2n) is 2.58. The van der Waals surface area contributed by atoms with Crippen LogP contribution in [0.4, 0.5) is 4.39 Å². The summed E-state index contributed by atoms with van der Waals surface area (Å²) in [6, 6.07) is 1.83. The van der Waals surface area contributed by atoms with Crippen LogP contribution in [0.25, 0.3) is 0 Å². The van der Waals surface area contributed by atoms with Gasteiger partial charge in [-0.1, -0.05) is 0 Å². The molecule has 1 aromatic rings. The van der Waals surface area contributed by atoms with E-state index in [4.69, 9.17) is 20.2 Å². The van der Waals surface area contributed by atoms with E-state index >= 15 is 0 Å². The molecule has 0 N–H and O–H groups in total. The summed E-state index contributed by atoms with van der Waals surface area (Å²) in [7, 11) is 3.54. The number of benzene rings is 1. The minimum Gasteiger partial charge on any atom is -0.495 e. The van der Waals surface area contributed by atoms with Crippen LogP contribution in [0.3, 0.4) is 0 Å². The van der Waals surface area contributed by atoms with Crippen LogP contribution < -0.4 is 9.47 Å². The lowest BCUT2D eigenvalue weighted by molar-refractivity contribution is 0.368. The molecule has 0 aliphatic carbocycles. The molecular formula is C8H8ClFO4S. The van der Waals surface area contributed by atoms with Gasteiger partial charge in [-0.3, -0.25) is 0 Å². The third kappa shape index (κ3) is 2.51. The van der Waals surface area contributed by atoms with Gasteiger partial charge in [0.15, 0.2) is 4.90 Å². The summed E-state index contributed by atoms with van der Waals surface area (Å²) in [6.45, 7) is 0. The average Bonchev–Trinajstić information content (AvgIpc) is 2.14. The fourth-order valence-electron chi connectivity index (χ4n) is 1.09. The maximum Gasteiger partial charge on any atom is 0.268 e. The van der Waals surface area contributed by atoms with Gasteiger partial charge in [0.05, 0.1) is 14.2 Å². The third-order valence-electron chi connectivity index (χ3n) is 1.67. The van der Waals surface area contributed by atoms with E-state index in [0.29, 0.717) is 0 Å². The highest BCUT2D eigenvalue weighted by atomic mass is 35.7. The Morgan fingerprint density at radius 3 is 1.87 bits per heavy atom. The second kappa shape index (κ2) is 4.24. The normalized spacial score (nSPS) is 11.2. The van der Waals surface area contributed by atoms with E-state index in [0.717, 1.165) is 12.1 Å². The van der Waals surface area contributed by atoms with Gasteiger partial charge in [0.2, 0.25) is 0 Å². The van der Waals surface area contributed by atoms with Crippen molar-refractivity contribution in [2.45, 2.75) is 4.90 Å². The highest BCUT2D eigenvalue weighted by Gasteiger charge is 2.23.